The molecule has 0 spiro atoms. The van der Waals surface area contributed by atoms with Crippen LogP contribution in [0.1, 0.15) is 11.1 Å². The van der Waals surface area contributed by atoms with Crippen molar-refractivity contribution in [3.05, 3.63) is 58.6 Å². The highest BCUT2D eigenvalue weighted by molar-refractivity contribution is 6.32. The Kier molecular flexibility index (Phi) is 7.31. The molecule has 1 aliphatic rings. The van der Waals surface area contributed by atoms with Crippen molar-refractivity contribution in [3.63, 3.8) is 0 Å². The number of nitrogens with zero attached hydrogens (tertiary/aromatic N) is 2. The third-order valence-corrected chi connectivity index (χ3v) is 5.52. The number of benzene rings is 2. The Labute approximate surface area is 172 Å². The topological polar surface area (TPSA) is 44.8 Å². The molecule has 0 atom stereocenters. The molecule has 3 rings (SSSR count). The SMILES string of the molecule is Cc1cccc(NC(=O)CN2CCN(CCOc3ccccc3Cl)CC2)c1C. The van der Waals surface area contributed by atoms with Gasteiger partial charge in [0.1, 0.15) is 12.4 Å². The second-order valence-electron chi connectivity index (χ2n) is 7.19. The van der Waals surface area contributed by atoms with Crippen LogP contribution in [0.4, 0.5) is 5.69 Å². The number of para-hydroxylation sites is 1. The standard InChI is InChI=1S/C22H28ClN3O2/c1-17-6-5-8-20(18(17)2)24-22(27)16-26-12-10-25(11-13-26)14-15-28-21-9-4-3-7-19(21)23/h3-9H,10-16H2,1-2H3,(H,24,27). The molecule has 1 heterocycles. The van der Waals surface area contributed by atoms with Gasteiger partial charge in [-0.05, 0) is 43.2 Å². The van der Waals surface area contributed by atoms with E-state index < -0.39 is 0 Å². The van der Waals surface area contributed by atoms with Crippen LogP contribution in [-0.2, 0) is 4.79 Å². The van der Waals surface area contributed by atoms with Gasteiger partial charge in [-0.3, -0.25) is 14.6 Å². The number of carbonyl (C=O) groups excluding carboxylic acids is 1. The average molecular weight is 402 g/mol. The van der Waals surface area contributed by atoms with Gasteiger partial charge in [0, 0.05) is 38.4 Å². The summed E-state index contributed by atoms with van der Waals surface area (Å²) in [5, 5.41) is 3.68. The van der Waals surface area contributed by atoms with Crippen LogP contribution < -0.4 is 10.1 Å². The zero-order valence-electron chi connectivity index (χ0n) is 16.6. The molecule has 6 heteroatoms. The zero-order valence-corrected chi connectivity index (χ0v) is 17.3. The number of aryl methyl sites for hydroxylation is 1. The van der Waals surface area contributed by atoms with E-state index in [4.69, 9.17) is 16.3 Å². The van der Waals surface area contributed by atoms with Crippen LogP contribution in [0.5, 0.6) is 5.75 Å². The number of piperazine rings is 1. The largest absolute Gasteiger partial charge is 0.491 e. The number of hydrogen-bond donors (Lipinski definition) is 1. The van der Waals surface area contributed by atoms with E-state index in [-0.39, 0.29) is 5.91 Å². The molecule has 1 N–H and O–H groups in total. The third-order valence-electron chi connectivity index (χ3n) is 5.21. The summed E-state index contributed by atoms with van der Waals surface area (Å²) >= 11 is 6.11. The quantitative estimate of drug-likeness (QED) is 0.770. The van der Waals surface area contributed by atoms with Gasteiger partial charge in [-0.1, -0.05) is 35.9 Å². The molecule has 150 valence electrons. The van der Waals surface area contributed by atoms with E-state index in [9.17, 15) is 4.79 Å². The monoisotopic (exact) mass is 401 g/mol. The van der Waals surface area contributed by atoms with E-state index in [2.05, 4.69) is 28.1 Å². The number of amides is 1. The normalized spacial score (nSPS) is 15.4. The molecule has 0 bridgehead atoms. The van der Waals surface area contributed by atoms with Crippen LogP contribution in [0.3, 0.4) is 0 Å². The van der Waals surface area contributed by atoms with Gasteiger partial charge in [-0.15, -0.1) is 0 Å². The van der Waals surface area contributed by atoms with Gasteiger partial charge in [-0.25, -0.2) is 0 Å². The van der Waals surface area contributed by atoms with E-state index in [1.54, 1.807) is 0 Å². The first-order chi connectivity index (χ1) is 13.5. The molecule has 5 nitrogen and oxygen atoms in total. The fourth-order valence-electron chi connectivity index (χ4n) is 3.30. The maximum Gasteiger partial charge on any atom is 0.238 e. The Bertz CT molecular complexity index is 804. The lowest BCUT2D eigenvalue weighted by atomic mass is 10.1. The molecule has 0 unspecified atom stereocenters. The summed E-state index contributed by atoms with van der Waals surface area (Å²) in [7, 11) is 0. The lowest BCUT2D eigenvalue weighted by Crippen LogP contribution is -2.49. The van der Waals surface area contributed by atoms with Gasteiger partial charge in [0.15, 0.2) is 0 Å². The number of halogens is 1. The number of anilines is 1. The van der Waals surface area contributed by atoms with Crippen molar-refractivity contribution in [3.8, 4) is 5.75 Å². The van der Waals surface area contributed by atoms with E-state index >= 15 is 0 Å². The van der Waals surface area contributed by atoms with Crippen molar-refractivity contribution in [2.75, 3.05) is 51.2 Å². The maximum absolute atomic E-state index is 12.4. The number of rotatable bonds is 7. The van der Waals surface area contributed by atoms with Crippen molar-refractivity contribution in [1.29, 1.82) is 0 Å². The fraction of sp³-hybridized carbons (Fsp3) is 0.409. The van der Waals surface area contributed by atoms with E-state index in [0.717, 1.165) is 49.7 Å². The minimum atomic E-state index is 0.0456. The summed E-state index contributed by atoms with van der Waals surface area (Å²) in [5.41, 5.74) is 3.21. The van der Waals surface area contributed by atoms with Gasteiger partial charge >= 0.3 is 0 Å². The molecule has 0 radical (unpaired) electrons. The third kappa shape index (κ3) is 5.71. The highest BCUT2D eigenvalue weighted by atomic mass is 35.5. The van der Waals surface area contributed by atoms with Crippen molar-refractivity contribution < 1.29 is 9.53 Å². The van der Waals surface area contributed by atoms with Gasteiger partial charge in [-0.2, -0.15) is 0 Å². The van der Waals surface area contributed by atoms with E-state index in [0.29, 0.717) is 18.2 Å². The van der Waals surface area contributed by atoms with Crippen molar-refractivity contribution in [2.45, 2.75) is 13.8 Å². The molecule has 2 aromatic rings. The Balaban J connectivity index is 1.37. The molecular weight excluding hydrogens is 374 g/mol. The second-order valence-corrected chi connectivity index (χ2v) is 7.60. The first kappa shape index (κ1) is 20.6. The summed E-state index contributed by atoms with van der Waals surface area (Å²) in [6.07, 6.45) is 0. The van der Waals surface area contributed by atoms with E-state index in [1.807, 2.05) is 43.3 Å². The number of nitrogens with one attached hydrogen (secondary N) is 1. The maximum atomic E-state index is 12.4. The number of ether oxygens (including phenoxy) is 1. The fourth-order valence-corrected chi connectivity index (χ4v) is 3.49. The van der Waals surface area contributed by atoms with Crippen LogP contribution in [0.25, 0.3) is 0 Å². The van der Waals surface area contributed by atoms with Crippen LogP contribution in [0.15, 0.2) is 42.5 Å². The first-order valence-electron chi connectivity index (χ1n) is 9.71. The Morgan fingerprint density at radius 3 is 2.50 bits per heavy atom. The highest BCUT2D eigenvalue weighted by Gasteiger charge is 2.19. The minimum absolute atomic E-state index is 0.0456. The Hall–Kier alpha value is -2.08. The molecular formula is C22H28ClN3O2. The first-order valence-corrected chi connectivity index (χ1v) is 10.1. The zero-order chi connectivity index (χ0) is 19.9. The van der Waals surface area contributed by atoms with Gasteiger partial charge in [0.25, 0.3) is 0 Å². The van der Waals surface area contributed by atoms with Gasteiger partial charge in [0.2, 0.25) is 5.91 Å². The van der Waals surface area contributed by atoms with E-state index in [1.165, 1.54) is 5.56 Å². The summed E-state index contributed by atoms with van der Waals surface area (Å²) in [4.78, 5) is 16.9. The van der Waals surface area contributed by atoms with Crippen LogP contribution in [0.2, 0.25) is 5.02 Å². The molecule has 1 aliphatic heterocycles. The van der Waals surface area contributed by atoms with Crippen molar-refractivity contribution in [1.82, 2.24) is 9.80 Å². The Morgan fingerprint density at radius 2 is 1.75 bits per heavy atom. The summed E-state index contributed by atoms with van der Waals surface area (Å²) in [6, 6.07) is 13.5. The van der Waals surface area contributed by atoms with Crippen molar-refractivity contribution in [2.24, 2.45) is 0 Å². The van der Waals surface area contributed by atoms with Crippen LogP contribution >= 0.6 is 11.6 Å². The van der Waals surface area contributed by atoms with Crippen LogP contribution in [-0.4, -0.2) is 61.6 Å². The van der Waals surface area contributed by atoms with Gasteiger partial charge in [0.05, 0.1) is 11.6 Å². The number of carbonyl (C=O) groups is 1. The molecule has 0 aromatic heterocycles. The van der Waals surface area contributed by atoms with Crippen molar-refractivity contribution >= 4 is 23.2 Å². The smallest absolute Gasteiger partial charge is 0.238 e. The Morgan fingerprint density at radius 1 is 1.04 bits per heavy atom. The molecule has 1 fully saturated rings. The highest BCUT2D eigenvalue weighted by Crippen LogP contribution is 2.23. The lowest BCUT2D eigenvalue weighted by Gasteiger charge is -2.34. The minimum Gasteiger partial charge on any atom is -0.491 e. The van der Waals surface area contributed by atoms with Crippen LogP contribution in [0, 0.1) is 13.8 Å². The molecule has 0 aliphatic carbocycles. The molecule has 28 heavy (non-hydrogen) atoms. The predicted molar refractivity (Wildman–Crippen MR) is 114 cm³/mol. The molecule has 0 saturated carbocycles. The molecule has 1 amide bonds. The molecule has 2 aromatic carbocycles. The molecule has 1 saturated heterocycles. The predicted octanol–water partition coefficient (Wildman–Crippen LogP) is 3.59. The van der Waals surface area contributed by atoms with Gasteiger partial charge < -0.3 is 10.1 Å². The lowest BCUT2D eigenvalue weighted by molar-refractivity contribution is -0.117. The summed E-state index contributed by atoms with van der Waals surface area (Å²) in [5.74, 6) is 0.773. The summed E-state index contributed by atoms with van der Waals surface area (Å²) < 4.78 is 5.77. The second kappa shape index (κ2) is 9.92. The average Bonchev–Trinajstić information content (AvgIpc) is 2.68. The number of hydrogen-bond acceptors (Lipinski definition) is 4. The summed E-state index contributed by atoms with van der Waals surface area (Å²) in [6.45, 7) is 9.61.